The van der Waals surface area contributed by atoms with Crippen LogP contribution in [0.2, 0.25) is 0 Å². The lowest BCUT2D eigenvalue weighted by atomic mass is 10.1. The quantitative estimate of drug-likeness (QED) is 0.851. The Balaban J connectivity index is 0.00000144. The summed E-state index contributed by atoms with van der Waals surface area (Å²) in [5, 5.41) is 13.8. The molecule has 0 amide bonds. The highest BCUT2D eigenvalue weighted by atomic mass is 79.9. The van der Waals surface area contributed by atoms with Gasteiger partial charge in [0.15, 0.2) is 0 Å². The van der Waals surface area contributed by atoms with Crippen LogP contribution in [0.3, 0.4) is 0 Å². The summed E-state index contributed by atoms with van der Waals surface area (Å²) < 4.78 is 0.931. The van der Waals surface area contributed by atoms with Gasteiger partial charge in [0.2, 0.25) is 5.88 Å². The van der Waals surface area contributed by atoms with Crippen molar-refractivity contribution in [2.75, 3.05) is 10.0 Å². The predicted octanol–water partition coefficient (Wildman–Crippen LogP) is 3.10. The van der Waals surface area contributed by atoms with Crippen LogP contribution in [0.1, 0.15) is 5.56 Å². The van der Waals surface area contributed by atoms with E-state index >= 15 is 0 Å². The summed E-state index contributed by atoms with van der Waals surface area (Å²) in [6, 6.07) is 17.5. The van der Waals surface area contributed by atoms with Gasteiger partial charge in [-0.15, -0.1) is 0 Å². The maximum absolute atomic E-state index is 10.5. The van der Waals surface area contributed by atoms with Crippen molar-refractivity contribution in [3.63, 3.8) is 0 Å². The molecule has 3 N–H and O–H groups in total. The Bertz CT molecular complexity index is 774. The molecule has 0 saturated heterocycles. The normalized spacial score (nSPS) is 16.0. The number of aliphatic hydroxyl groups is 1. The van der Waals surface area contributed by atoms with Crippen LogP contribution in [0.4, 0.5) is 11.4 Å². The van der Waals surface area contributed by atoms with Crippen LogP contribution >= 0.6 is 15.9 Å². The minimum atomic E-state index is 0. The molecule has 6 heteroatoms. The average molecular weight is 359 g/mol. The smallest absolute Gasteiger partial charge is 0.235 e. The van der Waals surface area contributed by atoms with Gasteiger partial charge in [-0.2, -0.15) is 0 Å². The van der Waals surface area contributed by atoms with Crippen LogP contribution in [0, 0.1) is 0 Å². The van der Waals surface area contributed by atoms with Crippen molar-refractivity contribution in [1.29, 1.82) is 0 Å². The minimum absolute atomic E-state index is 0. The van der Waals surface area contributed by atoms with Crippen LogP contribution in [-0.4, -0.2) is 10.6 Å². The monoisotopic (exact) mass is 358 g/mol. The summed E-state index contributed by atoms with van der Waals surface area (Å²) in [6.07, 6.45) is 1.88. The minimum Gasteiger partial charge on any atom is -0.492 e. The van der Waals surface area contributed by atoms with E-state index in [9.17, 15) is 5.11 Å². The zero-order valence-corrected chi connectivity index (χ0v) is 13.0. The number of para-hydroxylation sites is 2. The van der Waals surface area contributed by atoms with Crippen LogP contribution < -0.4 is 15.6 Å². The molecule has 1 radical (unpaired) electrons. The molecule has 0 bridgehead atoms. The van der Waals surface area contributed by atoms with Crippen molar-refractivity contribution in [3.8, 4) is 0 Å². The highest BCUT2D eigenvalue weighted by molar-refractivity contribution is 9.15. The standard InChI is InChI=1S/C16H11BrN3O.H2O/c17-13-10-15-16(21)19(11-6-2-1-3-7-11)18-20(15)14-9-5-4-8-12(13)14;/h1-10,21H;1H2. The second-order valence-corrected chi connectivity index (χ2v) is 5.62. The molecule has 22 heavy (non-hydrogen) atoms. The maximum atomic E-state index is 10.5. The van der Waals surface area contributed by atoms with Crippen molar-refractivity contribution in [2.24, 2.45) is 0 Å². The van der Waals surface area contributed by atoms with Gasteiger partial charge in [0, 0.05) is 10.0 Å². The van der Waals surface area contributed by atoms with Gasteiger partial charge in [0.25, 0.3) is 0 Å². The number of anilines is 2. The molecule has 2 aliphatic heterocycles. The summed E-state index contributed by atoms with van der Waals surface area (Å²) in [5.74, 6) is 0.118. The summed E-state index contributed by atoms with van der Waals surface area (Å²) in [4.78, 5) is 0. The largest absolute Gasteiger partial charge is 0.492 e. The molecule has 4 rings (SSSR count). The first-order chi connectivity index (χ1) is 10.3. The summed E-state index contributed by atoms with van der Waals surface area (Å²) in [6.45, 7) is 0. The Morgan fingerprint density at radius 2 is 1.59 bits per heavy atom. The number of aliphatic hydroxyl groups excluding tert-OH is 1. The topological polar surface area (TPSA) is 72.3 Å². The lowest BCUT2D eigenvalue weighted by Crippen LogP contribution is -2.35. The fourth-order valence-electron chi connectivity index (χ4n) is 2.49. The van der Waals surface area contributed by atoms with E-state index in [4.69, 9.17) is 0 Å². The lowest BCUT2D eigenvalue weighted by molar-refractivity contribution is 0.387. The summed E-state index contributed by atoms with van der Waals surface area (Å²) >= 11 is 3.56. The fourth-order valence-corrected chi connectivity index (χ4v) is 3.04. The van der Waals surface area contributed by atoms with Crippen molar-refractivity contribution in [2.45, 2.75) is 0 Å². The van der Waals surface area contributed by atoms with E-state index in [1.165, 1.54) is 5.01 Å². The van der Waals surface area contributed by atoms with E-state index in [2.05, 4.69) is 21.5 Å². The third-order valence-electron chi connectivity index (χ3n) is 3.49. The molecule has 111 valence electrons. The maximum Gasteiger partial charge on any atom is 0.235 e. The molecule has 0 unspecified atom stereocenters. The number of hydrogen-bond donors (Lipinski definition) is 1. The van der Waals surface area contributed by atoms with Gasteiger partial charge >= 0.3 is 0 Å². The van der Waals surface area contributed by atoms with Gasteiger partial charge in [-0.3, -0.25) is 0 Å². The van der Waals surface area contributed by atoms with Gasteiger partial charge < -0.3 is 10.6 Å². The van der Waals surface area contributed by atoms with Crippen molar-refractivity contribution >= 4 is 31.8 Å². The molecule has 0 atom stereocenters. The van der Waals surface area contributed by atoms with E-state index in [-0.39, 0.29) is 11.4 Å². The lowest BCUT2D eigenvalue weighted by Gasteiger charge is -2.25. The Kier molecular flexibility index (Phi) is 3.66. The highest BCUT2D eigenvalue weighted by Crippen LogP contribution is 2.42. The molecule has 0 aliphatic carbocycles. The number of nitrogens with zero attached hydrogens (tertiary/aromatic N) is 3. The Labute approximate surface area is 136 Å². The van der Waals surface area contributed by atoms with Gasteiger partial charge in [-0.25, -0.2) is 10.0 Å². The van der Waals surface area contributed by atoms with E-state index < -0.39 is 0 Å². The molecule has 0 fully saturated rings. The molecule has 0 saturated carbocycles. The van der Waals surface area contributed by atoms with Gasteiger partial charge in [0.1, 0.15) is 5.70 Å². The Hall–Kier alpha value is -2.28. The number of benzene rings is 2. The Morgan fingerprint density at radius 1 is 0.909 bits per heavy atom. The molecule has 2 aromatic carbocycles. The summed E-state index contributed by atoms with van der Waals surface area (Å²) in [7, 11) is 0. The second-order valence-electron chi connectivity index (χ2n) is 4.77. The van der Waals surface area contributed by atoms with Gasteiger partial charge in [0.05, 0.1) is 11.4 Å². The van der Waals surface area contributed by atoms with Crippen LogP contribution in [0.5, 0.6) is 0 Å². The van der Waals surface area contributed by atoms with E-state index in [0.717, 1.165) is 21.4 Å². The molecule has 2 heterocycles. The molecule has 0 aromatic heterocycles. The van der Waals surface area contributed by atoms with E-state index in [1.807, 2.05) is 60.7 Å². The molecule has 2 aliphatic rings. The second kappa shape index (κ2) is 5.49. The van der Waals surface area contributed by atoms with Gasteiger partial charge in [-0.1, -0.05) is 52.3 Å². The number of halogens is 1. The number of rotatable bonds is 1. The molecule has 0 spiro atoms. The van der Waals surface area contributed by atoms with E-state index in [0.29, 0.717) is 5.70 Å². The van der Waals surface area contributed by atoms with Crippen LogP contribution in [-0.2, 0) is 0 Å². The number of fused-ring (bicyclic) bond motifs is 3. The van der Waals surface area contributed by atoms with Crippen molar-refractivity contribution in [1.82, 2.24) is 5.53 Å². The third kappa shape index (κ3) is 2.09. The highest BCUT2D eigenvalue weighted by Gasteiger charge is 2.35. The molecule has 5 nitrogen and oxygen atoms in total. The third-order valence-corrected chi connectivity index (χ3v) is 4.15. The Morgan fingerprint density at radius 3 is 2.36 bits per heavy atom. The SMILES string of the molecule is O.OC1=C2C=C(Br)c3ccccc3N2[N]N1c1ccccc1. The number of hydrogen-bond acceptors (Lipinski definition) is 3. The first kappa shape index (κ1) is 14.6. The van der Waals surface area contributed by atoms with E-state index in [1.54, 1.807) is 5.01 Å². The predicted molar refractivity (Wildman–Crippen MR) is 90.1 cm³/mol. The first-order valence-electron chi connectivity index (χ1n) is 6.52. The number of allylic oxidation sites excluding steroid dienone is 1. The zero-order chi connectivity index (χ0) is 14.4. The van der Waals surface area contributed by atoms with Crippen molar-refractivity contribution < 1.29 is 10.6 Å². The fraction of sp³-hybridized carbons (Fsp3) is 0. The molecular formula is C16H13BrN3O2. The van der Waals surface area contributed by atoms with Gasteiger partial charge in [-0.05, 0) is 29.8 Å². The van der Waals surface area contributed by atoms with Crippen LogP contribution in [0.15, 0.2) is 72.3 Å². The molecule has 2 aromatic rings. The average Bonchev–Trinajstić information content (AvgIpc) is 2.86. The molecular weight excluding hydrogens is 346 g/mol. The zero-order valence-electron chi connectivity index (χ0n) is 11.4. The van der Waals surface area contributed by atoms with Crippen molar-refractivity contribution in [3.05, 3.63) is 77.8 Å². The summed E-state index contributed by atoms with van der Waals surface area (Å²) in [5.41, 5.74) is 7.98. The van der Waals surface area contributed by atoms with Crippen LogP contribution in [0.25, 0.3) is 4.48 Å². The first-order valence-corrected chi connectivity index (χ1v) is 7.32.